The summed E-state index contributed by atoms with van der Waals surface area (Å²) in [5.74, 6) is 0.0906. The van der Waals surface area contributed by atoms with E-state index in [0.29, 0.717) is 12.6 Å². The minimum atomic E-state index is -0.166. The van der Waals surface area contributed by atoms with E-state index in [2.05, 4.69) is 40.1 Å². The molecule has 1 aromatic rings. The summed E-state index contributed by atoms with van der Waals surface area (Å²) in [6.45, 7) is 8.66. The Kier molecular flexibility index (Phi) is 5.96. The van der Waals surface area contributed by atoms with Gasteiger partial charge in [-0.25, -0.2) is 0 Å². The van der Waals surface area contributed by atoms with Crippen molar-refractivity contribution in [3.63, 3.8) is 0 Å². The highest BCUT2D eigenvalue weighted by atomic mass is 79.9. The maximum Gasteiger partial charge on any atom is 0.145 e. The van der Waals surface area contributed by atoms with Gasteiger partial charge < -0.3 is 5.32 Å². The van der Waals surface area contributed by atoms with Gasteiger partial charge in [-0.05, 0) is 28.1 Å². The van der Waals surface area contributed by atoms with Gasteiger partial charge in [0.2, 0.25) is 0 Å². The van der Waals surface area contributed by atoms with Crippen LogP contribution in [0.5, 0.6) is 0 Å². The number of aromatic nitrogens is 1. The number of hydrogen-bond donors (Lipinski definition) is 1. The Morgan fingerprint density at radius 2 is 2.00 bits per heavy atom. The number of carbonyl (C=O) groups is 1. The first-order valence-electron chi connectivity index (χ1n) is 6.30. The lowest BCUT2D eigenvalue weighted by Gasteiger charge is -2.19. The summed E-state index contributed by atoms with van der Waals surface area (Å²) in [4.78, 5) is 16.6. The third kappa shape index (κ3) is 4.50. The molecule has 1 atom stereocenters. The van der Waals surface area contributed by atoms with Crippen molar-refractivity contribution in [1.29, 1.82) is 0 Å². The van der Waals surface area contributed by atoms with Crippen LogP contribution in [0.2, 0.25) is 0 Å². The van der Waals surface area contributed by atoms with E-state index in [4.69, 9.17) is 0 Å². The van der Waals surface area contributed by atoms with Crippen molar-refractivity contribution in [2.45, 2.75) is 39.7 Å². The maximum atomic E-state index is 12.2. The highest BCUT2D eigenvalue weighted by molar-refractivity contribution is 9.10. The second-order valence-corrected chi connectivity index (χ2v) is 5.99. The molecule has 0 bridgehead atoms. The van der Waals surface area contributed by atoms with Crippen LogP contribution in [0.15, 0.2) is 22.8 Å². The maximum absolute atomic E-state index is 12.2. The quantitative estimate of drug-likeness (QED) is 0.877. The molecule has 0 aliphatic rings. The topological polar surface area (TPSA) is 42.0 Å². The fourth-order valence-corrected chi connectivity index (χ4v) is 1.93. The van der Waals surface area contributed by atoms with Gasteiger partial charge in [-0.3, -0.25) is 9.78 Å². The summed E-state index contributed by atoms with van der Waals surface area (Å²) in [6.07, 6.45) is 1.74. The van der Waals surface area contributed by atoms with Gasteiger partial charge >= 0.3 is 0 Å². The van der Waals surface area contributed by atoms with Crippen molar-refractivity contribution in [3.05, 3.63) is 28.5 Å². The van der Waals surface area contributed by atoms with Crippen molar-refractivity contribution >= 4 is 21.7 Å². The number of hydrogen-bond acceptors (Lipinski definition) is 3. The van der Waals surface area contributed by atoms with E-state index in [-0.39, 0.29) is 17.6 Å². The fraction of sp³-hybridized carbons (Fsp3) is 0.571. The Morgan fingerprint density at radius 1 is 1.33 bits per heavy atom. The van der Waals surface area contributed by atoms with Gasteiger partial charge in [-0.2, -0.15) is 0 Å². The van der Waals surface area contributed by atoms with Crippen molar-refractivity contribution < 1.29 is 4.79 Å². The molecule has 1 rings (SSSR count). The molecule has 0 spiro atoms. The van der Waals surface area contributed by atoms with Gasteiger partial charge in [0, 0.05) is 29.2 Å². The lowest BCUT2D eigenvalue weighted by atomic mass is 9.91. The summed E-state index contributed by atoms with van der Waals surface area (Å²) in [5, 5.41) is 3.32. The Morgan fingerprint density at radius 3 is 2.44 bits per heavy atom. The summed E-state index contributed by atoms with van der Waals surface area (Å²) in [6, 6.07) is 4.21. The van der Waals surface area contributed by atoms with Crippen LogP contribution < -0.4 is 5.32 Å². The highest BCUT2D eigenvalue weighted by Crippen LogP contribution is 2.20. The number of nitrogens with zero attached hydrogens (tertiary/aromatic N) is 1. The number of nitrogens with one attached hydrogen (secondary N) is 1. The molecule has 0 radical (unpaired) electrons. The minimum absolute atomic E-state index is 0.0226. The van der Waals surface area contributed by atoms with Gasteiger partial charge in [0.1, 0.15) is 5.78 Å². The van der Waals surface area contributed by atoms with Gasteiger partial charge in [-0.1, -0.05) is 27.7 Å². The molecule has 100 valence electrons. The number of halogens is 1. The first kappa shape index (κ1) is 15.3. The van der Waals surface area contributed by atoms with Crippen LogP contribution >= 0.6 is 15.9 Å². The first-order chi connectivity index (χ1) is 8.41. The standard InChI is InChI=1S/C14H21BrN2O/c1-9(2)14(18)12(8-16-10(3)4)13-6-5-11(15)7-17-13/h5-7,9-10,12,16H,8H2,1-4H3/t12-/m0/s1. The van der Waals surface area contributed by atoms with E-state index in [0.717, 1.165) is 10.2 Å². The Hall–Kier alpha value is -0.740. The van der Waals surface area contributed by atoms with E-state index >= 15 is 0 Å². The van der Waals surface area contributed by atoms with Gasteiger partial charge in [0.15, 0.2) is 0 Å². The summed E-state index contributed by atoms with van der Waals surface area (Å²) < 4.78 is 0.929. The zero-order valence-corrected chi connectivity index (χ0v) is 13.0. The van der Waals surface area contributed by atoms with E-state index in [1.165, 1.54) is 0 Å². The molecular formula is C14H21BrN2O. The van der Waals surface area contributed by atoms with Crippen LogP contribution in [-0.2, 0) is 4.79 Å². The van der Waals surface area contributed by atoms with Crippen molar-refractivity contribution in [2.75, 3.05) is 6.54 Å². The van der Waals surface area contributed by atoms with Crippen LogP contribution in [-0.4, -0.2) is 23.4 Å². The largest absolute Gasteiger partial charge is 0.313 e. The molecule has 3 nitrogen and oxygen atoms in total. The minimum Gasteiger partial charge on any atom is -0.313 e. The molecule has 0 aromatic carbocycles. The second kappa shape index (κ2) is 7.00. The molecule has 4 heteroatoms. The SMILES string of the molecule is CC(C)NC[C@H](C(=O)C(C)C)c1ccc(Br)cn1. The van der Waals surface area contributed by atoms with Crippen molar-refractivity contribution in [3.8, 4) is 0 Å². The second-order valence-electron chi connectivity index (χ2n) is 5.07. The van der Waals surface area contributed by atoms with E-state index in [9.17, 15) is 4.79 Å². The smallest absolute Gasteiger partial charge is 0.145 e. The molecule has 1 N–H and O–H groups in total. The molecule has 0 saturated heterocycles. The molecule has 0 saturated carbocycles. The van der Waals surface area contributed by atoms with Crippen LogP contribution in [0.1, 0.15) is 39.3 Å². The summed E-state index contributed by atoms with van der Waals surface area (Å²) in [5.41, 5.74) is 0.838. The highest BCUT2D eigenvalue weighted by Gasteiger charge is 2.24. The monoisotopic (exact) mass is 312 g/mol. The van der Waals surface area contributed by atoms with Crippen LogP contribution in [0.4, 0.5) is 0 Å². The lowest BCUT2D eigenvalue weighted by Crippen LogP contribution is -2.33. The number of ketones is 1. The molecule has 0 aliphatic carbocycles. The average Bonchev–Trinajstić information content (AvgIpc) is 2.30. The molecule has 0 amide bonds. The molecule has 0 unspecified atom stereocenters. The summed E-state index contributed by atoms with van der Waals surface area (Å²) >= 11 is 3.36. The predicted molar refractivity (Wildman–Crippen MR) is 77.7 cm³/mol. The van der Waals surface area contributed by atoms with E-state index in [1.807, 2.05) is 26.0 Å². The Bertz CT molecular complexity index is 387. The molecule has 0 aliphatic heterocycles. The van der Waals surface area contributed by atoms with Gasteiger partial charge in [0.05, 0.1) is 11.6 Å². The Balaban J connectivity index is 2.89. The van der Waals surface area contributed by atoms with Gasteiger partial charge in [0.25, 0.3) is 0 Å². The Labute approximate surface area is 118 Å². The third-order valence-corrected chi connectivity index (χ3v) is 3.22. The van der Waals surface area contributed by atoms with Gasteiger partial charge in [-0.15, -0.1) is 0 Å². The fourth-order valence-electron chi connectivity index (χ4n) is 1.70. The van der Waals surface area contributed by atoms with Crippen LogP contribution in [0.25, 0.3) is 0 Å². The molecule has 18 heavy (non-hydrogen) atoms. The van der Waals surface area contributed by atoms with Crippen molar-refractivity contribution in [2.24, 2.45) is 5.92 Å². The number of rotatable bonds is 6. The zero-order valence-electron chi connectivity index (χ0n) is 11.4. The number of carbonyl (C=O) groups excluding carboxylic acids is 1. The molecule has 1 aromatic heterocycles. The van der Waals surface area contributed by atoms with Crippen LogP contribution in [0.3, 0.4) is 0 Å². The first-order valence-corrected chi connectivity index (χ1v) is 7.09. The third-order valence-electron chi connectivity index (χ3n) is 2.75. The van der Waals surface area contributed by atoms with E-state index < -0.39 is 0 Å². The number of pyridine rings is 1. The summed E-state index contributed by atoms with van der Waals surface area (Å²) in [7, 11) is 0. The molecule has 1 heterocycles. The average molecular weight is 313 g/mol. The zero-order chi connectivity index (χ0) is 13.7. The number of Topliss-reactive ketones (excluding diaryl/α,β-unsaturated/α-hetero) is 1. The lowest BCUT2D eigenvalue weighted by molar-refractivity contribution is -0.123. The predicted octanol–water partition coefficient (Wildman–Crippen LogP) is 3.15. The van der Waals surface area contributed by atoms with E-state index in [1.54, 1.807) is 6.20 Å². The van der Waals surface area contributed by atoms with Crippen LogP contribution in [0, 0.1) is 5.92 Å². The molecule has 0 fully saturated rings. The normalized spacial score (nSPS) is 13.1. The van der Waals surface area contributed by atoms with Crippen molar-refractivity contribution in [1.82, 2.24) is 10.3 Å². The molecular weight excluding hydrogens is 292 g/mol.